The molecule has 5 aromatic rings. The van der Waals surface area contributed by atoms with E-state index in [4.69, 9.17) is 24.2 Å². The molecule has 3 aliphatic rings. The van der Waals surface area contributed by atoms with Crippen LogP contribution in [-0.4, -0.2) is 91.9 Å². The molecule has 13 heteroatoms. The van der Waals surface area contributed by atoms with Crippen LogP contribution in [0.3, 0.4) is 0 Å². The number of rotatable bonds is 7. The number of H-pyrrole nitrogens is 2. The summed E-state index contributed by atoms with van der Waals surface area (Å²) in [6.45, 7) is 11.3. The molecule has 3 fully saturated rings. The second kappa shape index (κ2) is 15.1. The van der Waals surface area contributed by atoms with Crippen LogP contribution in [0.15, 0.2) is 60.8 Å². The highest BCUT2D eigenvalue weighted by molar-refractivity contribution is 6.05. The van der Waals surface area contributed by atoms with Crippen LogP contribution in [0, 0.1) is 5.92 Å². The van der Waals surface area contributed by atoms with Crippen LogP contribution in [0.1, 0.15) is 96.9 Å². The van der Waals surface area contributed by atoms with E-state index in [2.05, 4.69) is 63.8 Å². The minimum absolute atomic E-state index is 0.105. The van der Waals surface area contributed by atoms with Gasteiger partial charge in [-0.2, -0.15) is 0 Å². The summed E-state index contributed by atoms with van der Waals surface area (Å²) in [6, 6.07) is 17.8. The quantitative estimate of drug-likeness (QED) is 0.149. The molecule has 0 unspecified atom stereocenters. The minimum atomic E-state index is -0.689. The van der Waals surface area contributed by atoms with Gasteiger partial charge in [0.05, 0.1) is 54.3 Å². The van der Waals surface area contributed by atoms with Gasteiger partial charge >= 0.3 is 12.2 Å². The number of nitrogens with one attached hydrogen (secondary N) is 3. The van der Waals surface area contributed by atoms with Gasteiger partial charge in [-0.3, -0.25) is 9.69 Å². The van der Waals surface area contributed by atoms with Crippen molar-refractivity contribution in [3.05, 3.63) is 72.4 Å². The van der Waals surface area contributed by atoms with Crippen molar-refractivity contribution in [2.75, 3.05) is 26.8 Å². The minimum Gasteiger partial charge on any atom is -0.453 e. The number of alkyl carbamates (subject to hydrolysis) is 1. The number of aromatic amines is 2. The van der Waals surface area contributed by atoms with Crippen LogP contribution in [0.25, 0.3) is 44.2 Å². The summed E-state index contributed by atoms with van der Waals surface area (Å²) < 4.78 is 16.9. The molecule has 0 radical (unpaired) electrons. The Labute approximate surface area is 332 Å². The molecule has 5 heterocycles. The maximum Gasteiger partial charge on any atom is 0.411 e. The number of benzene rings is 3. The Morgan fingerprint density at radius 3 is 2.42 bits per heavy atom. The van der Waals surface area contributed by atoms with Crippen LogP contribution in [-0.2, 0) is 19.0 Å². The predicted molar refractivity (Wildman–Crippen MR) is 217 cm³/mol. The normalized spacial score (nSPS) is 21.8. The van der Waals surface area contributed by atoms with E-state index < -0.39 is 17.7 Å². The molecular formula is C44H53N7O6. The molecule has 0 bridgehead atoms. The maximum atomic E-state index is 13.7. The zero-order valence-corrected chi connectivity index (χ0v) is 33.7. The molecule has 3 aromatic carbocycles. The van der Waals surface area contributed by atoms with Crippen molar-refractivity contribution < 1.29 is 28.6 Å². The van der Waals surface area contributed by atoms with E-state index >= 15 is 0 Å². The zero-order valence-electron chi connectivity index (χ0n) is 33.7. The monoisotopic (exact) mass is 775 g/mol. The van der Waals surface area contributed by atoms with Gasteiger partial charge in [0.1, 0.15) is 23.3 Å². The van der Waals surface area contributed by atoms with E-state index in [-0.39, 0.29) is 35.6 Å². The van der Waals surface area contributed by atoms with Gasteiger partial charge in [0.15, 0.2) is 0 Å². The first kappa shape index (κ1) is 38.4. The van der Waals surface area contributed by atoms with Gasteiger partial charge in [-0.1, -0.05) is 56.3 Å². The van der Waals surface area contributed by atoms with E-state index in [0.717, 1.165) is 87.9 Å². The average Bonchev–Trinajstić information content (AvgIpc) is 4.02. The molecule has 3 N–H and O–H groups in total. The molecule has 0 aliphatic carbocycles. The first-order valence-electron chi connectivity index (χ1n) is 20.2. The first-order valence-corrected chi connectivity index (χ1v) is 20.2. The summed E-state index contributed by atoms with van der Waals surface area (Å²) >= 11 is 0. The lowest BCUT2D eigenvalue weighted by molar-refractivity contribution is -0.135. The zero-order chi connectivity index (χ0) is 40.1. The standard InChI is InChI=1S/C44H53N7O6/c1-26(2)36(49-41(53)55-6)40(52)50-20-9-10-34(50)39-46-32-18-16-30-22-29(15-17-31(30)37(32)48-39)27-11-13-28(14-12-27)33-24-45-38(47-33)35-23-44(19-7-8-21-56-44)25-51(35)42(54)57-43(3,4)5/h11-18,22,24,26,34-36H,7-10,19-21,23,25H2,1-6H3,(H,45,47)(H,46,48)(H,49,53)/t34-,35-,36-,44-/m0/s1. The van der Waals surface area contributed by atoms with Gasteiger partial charge in [-0.25, -0.2) is 19.6 Å². The highest BCUT2D eigenvalue weighted by atomic mass is 16.6. The summed E-state index contributed by atoms with van der Waals surface area (Å²) in [6.07, 6.45) is 6.23. The molecular weight excluding hydrogens is 723 g/mol. The van der Waals surface area contributed by atoms with E-state index in [1.54, 1.807) is 4.90 Å². The third-order valence-corrected chi connectivity index (χ3v) is 11.6. The molecule has 300 valence electrons. The molecule has 1 spiro atoms. The number of hydrogen-bond acceptors (Lipinski definition) is 8. The number of nitrogens with zero attached hydrogens (tertiary/aromatic N) is 4. The third-order valence-electron chi connectivity index (χ3n) is 11.6. The van der Waals surface area contributed by atoms with Crippen molar-refractivity contribution in [3.63, 3.8) is 0 Å². The topological polar surface area (TPSA) is 155 Å². The van der Waals surface area contributed by atoms with Crippen molar-refractivity contribution in [1.29, 1.82) is 0 Å². The van der Waals surface area contributed by atoms with Crippen LogP contribution in [0.5, 0.6) is 0 Å². The number of amides is 3. The lowest BCUT2D eigenvalue weighted by Gasteiger charge is -2.33. The Morgan fingerprint density at radius 2 is 1.70 bits per heavy atom. The highest BCUT2D eigenvalue weighted by Crippen LogP contribution is 2.44. The van der Waals surface area contributed by atoms with Crippen LogP contribution in [0.2, 0.25) is 0 Å². The molecule has 3 saturated heterocycles. The fourth-order valence-corrected chi connectivity index (χ4v) is 8.75. The molecule has 3 aliphatic heterocycles. The predicted octanol–water partition coefficient (Wildman–Crippen LogP) is 8.44. The maximum absolute atomic E-state index is 13.7. The second-order valence-corrected chi connectivity index (χ2v) is 17.1. The fourth-order valence-electron chi connectivity index (χ4n) is 8.75. The van der Waals surface area contributed by atoms with Gasteiger partial charge < -0.3 is 34.4 Å². The lowest BCUT2D eigenvalue weighted by atomic mass is 9.91. The van der Waals surface area contributed by atoms with Gasteiger partial charge in [0.25, 0.3) is 0 Å². The number of hydrogen-bond donors (Lipinski definition) is 3. The first-order chi connectivity index (χ1) is 27.3. The summed E-state index contributed by atoms with van der Waals surface area (Å²) in [7, 11) is 1.30. The second-order valence-electron chi connectivity index (χ2n) is 17.1. The Kier molecular flexibility index (Phi) is 10.2. The SMILES string of the molecule is COC(=O)N[C@H](C(=O)N1CCC[C@H]1c1nc2c(ccc3cc(-c4ccc(-c5cnc([C@@H]6C[C@@]7(CCCCO7)CN6C(=O)OC(C)(C)C)[nH]5)cc4)ccc32)[nH]1)C(C)C. The van der Waals surface area contributed by atoms with Crippen molar-refractivity contribution in [3.8, 4) is 22.4 Å². The summed E-state index contributed by atoms with van der Waals surface area (Å²) in [5, 5.41) is 4.81. The Morgan fingerprint density at radius 1 is 0.930 bits per heavy atom. The van der Waals surface area contributed by atoms with Crippen LogP contribution in [0.4, 0.5) is 9.59 Å². The van der Waals surface area contributed by atoms with Crippen molar-refractivity contribution in [2.45, 2.75) is 102 Å². The van der Waals surface area contributed by atoms with Crippen molar-refractivity contribution in [1.82, 2.24) is 35.1 Å². The third kappa shape index (κ3) is 7.69. The molecule has 8 rings (SSSR count). The number of methoxy groups -OCH3 is 1. The largest absolute Gasteiger partial charge is 0.453 e. The smallest absolute Gasteiger partial charge is 0.411 e. The lowest BCUT2D eigenvalue weighted by Crippen LogP contribution is -2.51. The number of carbonyl (C=O) groups excluding carboxylic acids is 3. The molecule has 2 aromatic heterocycles. The van der Waals surface area contributed by atoms with Gasteiger partial charge in [0.2, 0.25) is 5.91 Å². The molecule has 57 heavy (non-hydrogen) atoms. The van der Waals surface area contributed by atoms with E-state index in [1.165, 1.54) is 7.11 Å². The Bertz CT molecular complexity index is 2280. The number of likely N-dealkylation sites (tertiary alicyclic amines) is 2. The van der Waals surface area contributed by atoms with E-state index in [0.29, 0.717) is 26.1 Å². The molecule has 3 amide bonds. The Hall–Kier alpha value is -5.43. The van der Waals surface area contributed by atoms with Crippen LogP contribution >= 0.6 is 0 Å². The number of aromatic nitrogens is 4. The molecule has 0 saturated carbocycles. The van der Waals surface area contributed by atoms with Crippen LogP contribution < -0.4 is 5.32 Å². The average molecular weight is 776 g/mol. The van der Waals surface area contributed by atoms with E-state index in [9.17, 15) is 14.4 Å². The number of fused-ring (bicyclic) bond motifs is 3. The number of ether oxygens (including phenoxy) is 3. The highest BCUT2D eigenvalue weighted by Gasteiger charge is 2.50. The molecule has 4 atom stereocenters. The molecule has 13 nitrogen and oxygen atoms in total. The number of carbonyl (C=O) groups is 3. The van der Waals surface area contributed by atoms with E-state index in [1.807, 2.05) is 51.8 Å². The van der Waals surface area contributed by atoms with Crippen molar-refractivity contribution >= 4 is 39.9 Å². The summed E-state index contributed by atoms with van der Waals surface area (Å²) in [5.41, 5.74) is 4.82. The summed E-state index contributed by atoms with van der Waals surface area (Å²) in [5.74, 6) is 1.24. The van der Waals surface area contributed by atoms with Gasteiger partial charge in [0, 0.05) is 25.0 Å². The Balaban J connectivity index is 1.00. The number of imidazole rings is 2. The fraction of sp³-hybridized carbons (Fsp3) is 0.477. The van der Waals surface area contributed by atoms with Crippen molar-refractivity contribution in [2.24, 2.45) is 5.92 Å². The van der Waals surface area contributed by atoms with Gasteiger partial charge in [-0.15, -0.1) is 0 Å². The summed E-state index contributed by atoms with van der Waals surface area (Å²) in [4.78, 5) is 59.6. The van der Waals surface area contributed by atoms with Gasteiger partial charge in [-0.05, 0) is 93.0 Å².